The molecule has 0 saturated carbocycles. The highest BCUT2D eigenvalue weighted by molar-refractivity contribution is 7.14. The van der Waals surface area contributed by atoms with Crippen molar-refractivity contribution in [1.29, 1.82) is 0 Å². The molecule has 0 amide bonds. The van der Waals surface area contributed by atoms with Crippen LogP contribution in [0.1, 0.15) is 21.5 Å². The minimum Gasteiger partial charge on any atom is -0.465 e. The number of aromatic nitrogens is 1. The van der Waals surface area contributed by atoms with Crippen molar-refractivity contribution in [2.75, 3.05) is 12.4 Å². The van der Waals surface area contributed by atoms with Gasteiger partial charge in [-0.2, -0.15) is 0 Å². The van der Waals surface area contributed by atoms with E-state index in [0.29, 0.717) is 21.8 Å². The van der Waals surface area contributed by atoms with Crippen LogP contribution in [-0.4, -0.2) is 18.1 Å². The second-order valence-electron chi connectivity index (χ2n) is 6.70. The molecule has 0 aliphatic heterocycles. The lowest BCUT2D eigenvalue weighted by Gasteiger charge is -2.06. The van der Waals surface area contributed by atoms with Crippen LogP contribution in [0.4, 0.5) is 10.8 Å². The van der Waals surface area contributed by atoms with Crippen molar-refractivity contribution in [2.45, 2.75) is 13.8 Å². The molecule has 0 unspecified atom stereocenters. The normalized spacial score (nSPS) is 10.9. The number of rotatable bonds is 4. The van der Waals surface area contributed by atoms with E-state index < -0.39 is 11.6 Å². The number of fused-ring (bicyclic) bond motifs is 1. The van der Waals surface area contributed by atoms with Crippen LogP contribution in [0.15, 0.2) is 57.1 Å². The smallest absolute Gasteiger partial charge is 0.345 e. The van der Waals surface area contributed by atoms with Crippen molar-refractivity contribution in [3.8, 4) is 11.3 Å². The highest BCUT2D eigenvalue weighted by Crippen LogP contribution is 2.28. The summed E-state index contributed by atoms with van der Waals surface area (Å²) >= 11 is 1.40. The predicted molar refractivity (Wildman–Crippen MR) is 114 cm³/mol. The largest absolute Gasteiger partial charge is 0.465 e. The third-order valence-corrected chi connectivity index (χ3v) is 5.18. The number of anilines is 2. The minimum absolute atomic E-state index is 0.205. The number of hydrogen-bond acceptors (Lipinski definition) is 7. The topological polar surface area (TPSA) is 81.4 Å². The molecular weight excluding hydrogens is 388 g/mol. The fourth-order valence-electron chi connectivity index (χ4n) is 3.22. The number of carbonyl (C=O) groups is 1. The molecule has 0 aliphatic carbocycles. The van der Waals surface area contributed by atoms with Gasteiger partial charge in [-0.25, -0.2) is 14.6 Å². The maximum Gasteiger partial charge on any atom is 0.345 e. The maximum absolute atomic E-state index is 12.6. The summed E-state index contributed by atoms with van der Waals surface area (Å²) in [6.45, 7) is 4.07. The molecule has 146 valence electrons. The number of para-hydroxylation sites is 1. The average molecular weight is 406 g/mol. The predicted octanol–water partition coefficient (Wildman–Crippen LogP) is 5.06. The fraction of sp³-hybridized carbons (Fsp3) is 0.136. The first-order valence-electron chi connectivity index (χ1n) is 8.91. The number of esters is 1. The Balaban J connectivity index is 1.71. The third-order valence-electron chi connectivity index (χ3n) is 4.42. The van der Waals surface area contributed by atoms with E-state index in [0.717, 1.165) is 16.8 Å². The Kier molecular flexibility index (Phi) is 4.90. The molecule has 0 spiro atoms. The van der Waals surface area contributed by atoms with E-state index >= 15 is 0 Å². The number of benzene rings is 2. The second-order valence-corrected chi connectivity index (χ2v) is 7.56. The Morgan fingerprint density at radius 2 is 1.90 bits per heavy atom. The monoisotopic (exact) mass is 406 g/mol. The quantitative estimate of drug-likeness (QED) is 0.377. The van der Waals surface area contributed by atoms with E-state index in [-0.39, 0.29) is 11.1 Å². The molecule has 2 aromatic heterocycles. The molecule has 4 rings (SSSR count). The number of methoxy groups -OCH3 is 1. The van der Waals surface area contributed by atoms with Crippen LogP contribution in [-0.2, 0) is 4.74 Å². The molecule has 0 fully saturated rings. The Bertz CT molecular complexity index is 1270. The van der Waals surface area contributed by atoms with E-state index in [2.05, 4.69) is 16.4 Å². The maximum atomic E-state index is 12.6. The molecule has 0 aliphatic rings. The first kappa shape index (κ1) is 18.9. The summed E-state index contributed by atoms with van der Waals surface area (Å²) in [6, 6.07) is 12.9. The summed E-state index contributed by atoms with van der Waals surface area (Å²) in [5.74, 6) is -0.555. The van der Waals surface area contributed by atoms with Crippen LogP contribution >= 0.6 is 11.3 Å². The van der Waals surface area contributed by atoms with E-state index in [1.165, 1.54) is 18.4 Å². The van der Waals surface area contributed by atoms with Crippen molar-refractivity contribution in [3.63, 3.8) is 0 Å². The summed E-state index contributed by atoms with van der Waals surface area (Å²) in [5.41, 5.74) is 3.96. The van der Waals surface area contributed by atoms with Gasteiger partial charge in [0.25, 0.3) is 0 Å². The molecule has 0 bridgehead atoms. The number of hydrogen-bond donors (Lipinski definition) is 1. The molecule has 0 radical (unpaired) electrons. The molecule has 0 atom stereocenters. The summed E-state index contributed by atoms with van der Waals surface area (Å²) < 4.78 is 10.2. The number of thiazole rings is 1. The lowest BCUT2D eigenvalue weighted by molar-refractivity contribution is 0.0601. The van der Waals surface area contributed by atoms with Gasteiger partial charge in [-0.3, -0.25) is 0 Å². The highest BCUT2D eigenvalue weighted by Gasteiger charge is 2.17. The number of carbonyl (C=O) groups excluding carboxylic acids is 1. The van der Waals surface area contributed by atoms with Crippen LogP contribution in [0.2, 0.25) is 0 Å². The Labute approximate surface area is 170 Å². The van der Waals surface area contributed by atoms with Gasteiger partial charge < -0.3 is 14.5 Å². The zero-order valence-electron chi connectivity index (χ0n) is 16.1. The zero-order chi connectivity index (χ0) is 20.5. The van der Waals surface area contributed by atoms with E-state index in [4.69, 9.17) is 9.15 Å². The first-order valence-corrected chi connectivity index (χ1v) is 9.79. The lowest BCUT2D eigenvalue weighted by atomic mass is 10.1. The molecule has 0 saturated heterocycles. The zero-order valence-corrected chi connectivity index (χ0v) is 16.9. The van der Waals surface area contributed by atoms with Crippen molar-refractivity contribution in [1.82, 2.24) is 4.98 Å². The molecule has 2 aromatic carbocycles. The summed E-state index contributed by atoms with van der Waals surface area (Å²) in [5, 5.41) is 6.37. The van der Waals surface area contributed by atoms with Gasteiger partial charge in [0.1, 0.15) is 5.56 Å². The van der Waals surface area contributed by atoms with Gasteiger partial charge in [0.2, 0.25) is 0 Å². The van der Waals surface area contributed by atoms with E-state index in [1.807, 2.05) is 26.0 Å². The van der Waals surface area contributed by atoms with E-state index in [1.54, 1.807) is 29.6 Å². The molecule has 29 heavy (non-hydrogen) atoms. The molecule has 7 heteroatoms. The van der Waals surface area contributed by atoms with Gasteiger partial charge in [-0.1, -0.05) is 18.2 Å². The van der Waals surface area contributed by atoms with Gasteiger partial charge in [0.05, 0.1) is 18.4 Å². The molecule has 4 aromatic rings. The van der Waals surface area contributed by atoms with Gasteiger partial charge >= 0.3 is 11.6 Å². The van der Waals surface area contributed by atoms with Crippen LogP contribution in [0.3, 0.4) is 0 Å². The number of aryl methyl sites for hydroxylation is 2. The van der Waals surface area contributed by atoms with Crippen LogP contribution in [0.5, 0.6) is 0 Å². The average Bonchev–Trinajstić information content (AvgIpc) is 3.13. The van der Waals surface area contributed by atoms with Gasteiger partial charge in [0.15, 0.2) is 10.7 Å². The SMILES string of the molecule is COC(=O)c1cccc2cc(-c3csc(Nc4cc(C)cc(C)c4)n3)c(=O)oc12. The van der Waals surface area contributed by atoms with Crippen molar-refractivity contribution < 1.29 is 13.9 Å². The first-order chi connectivity index (χ1) is 13.9. The van der Waals surface area contributed by atoms with Crippen LogP contribution in [0.25, 0.3) is 22.2 Å². The fourth-order valence-corrected chi connectivity index (χ4v) is 3.95. The third kappa shape index (κ3) is 3.77. The van der Waals surface area contributed by atoms with Crippen LogP contribution < -0.4 is 10.9 Å². The second kappa shape index (κ2) is 7.52. The standard InChI is InChI=1S/C22H18N2O4S/c1-12-7-13(2)9-15(8-12)23-22-24-18(11-29-22)17-10-14-5-4-6-16(20(25)27-3)19(14)28-21(17)26/h4-11H,1-3H3,(H,23,24). The number of nitrogens with zero attached hydrogens (tertiary/aromatic N) is 1. The summed E-state index contributed by atoms with van der Waals surface area (Å²) in [4.78, 5) is 29.0. The molecule has 1 N–H and O–H groups in total. The molecular formula is C22H18N2O4S. The van der Waals surface area contributed by atoms with Crippen molar-refractivity contribution in [2.24, 2.45) is 0 Å². The molecule has 6 nitrogen and oxygen atoms in total. The van der Waals surface area contributed by atoms with E-state index in [9.17, 15) is 9.59 Å². The highest BCUT2D eigenvalue weighted by atomic mass is 32.1. The lowest BCUT2D eigenvalue weighted by Crippen LogP contribution is -2.07. The Hall–Kier alpha value is -3.45. The summed E-state index contributed by atoms with van der Waals surface area (Å²) in [6.07, 6.45) is 0. The van der Waals surface area contributed by atoms with Gasteiger partial charge in [-0.05, 0) is 49.2 Å². The van der Waals surface area contributed by atoms with Gasteiger partial charge in [-0.15, -0.1) is 11.3 Å². The molecule has 2 heterocycles. The van der Waals surface area contributed by atoms with Crippen molar-refractivity contribution >= 4 is 39.1 Å². The number of nitrogens with one attached hydrogen (secondary N) is 1. The summed E-state index contributed by atoms with van der Waals surface area (Å²) in [7, 11) is 1.28. The van der Waals surface area contributed by atoms with Gasteiger partial charge in [0, 0.05) is 16.5 Å². The minimum atomic E-state index is -0.558. The number of ether oxygens (including phenoxy) is 1. The van der Waals surface area contributed by atoms with Crippen molar-refractivity contribution in [3.05, 3.63) is 75.0 Å². The van der Waals surface area contributed by atoms with Crippen LogP contribution in [0, 0.1) is 13.8 Å². The Morgan fingerprint density at radius 3 is 2.62 bits per heavy atom. The Morgan fingerprint density at radius 1 is 1.14 bits per heavy atom.